The molecule has 0 amide bonds. The predicted octanol–water partition coefficient (Wildman–Crippen LogP) is 1.68. The number of rotatable bonds is 1. The molecule has 14 heavy (non-hydrogen) atoms. The van der Waals surface area contributed by atoms with Gasteiger partial charge < -0.3 is 5.73 Å². The molecule has 0 saturated carbocycles. The van der Waals surface area contributed by atoms with Crippen LogP contribution in [0.2, 0.25) is 0 Å². The van der Waals surface area contributed by atoms with Gasteiger partial charge in [-0.15, -0.1) is 0 Å². The average Bonchev–Trinajstić information content (AvgIpc) is 2.19. The van der Waals surface area contributed by atoms with E-state index in [0.29, 0.717) is 5.69 Å². The molecule has 0 unspecified atom stereocenters. The molecule has 0 atom stereocenters. The summed E-state index contributed by atoms with van der Waals surface area (Å²) < 4.78 is 14.5. The topological polar surface area (TPSA) is 29.9 Å². The summed E-state index contributed by atoms with van der Waals surface area (Å²) in [6, 6.07) is 9.90. The van der Waals surface area contributed by atoms with E-state index in [-0.39, 0.29) is 5.82 Å². The third-order valence-corrected chi connectivity index (χ3v) is 1.95. The molecule has 0 aliphatic rings. The summed E-state index contributed by atoms with van der Waals surface area (Å²) in [4.78, 5) is 0. The standard InChI is InChI=1S/C11H10FN2/c12-9-3-5-11(6-4-9)14-7-1-2-10(13)8-14/h1-8H,13H2/q+1. The summed E-state index contributed by atoms with van der Waals surface area (Å²) in [7, 11) is 0. The molecule has 2 aromatic rings. The molecule has 70 valence electrons. The molecular formula is C11H10FN2+. The van der Waals surface area contributed by atoms with Crippen LogP contribution in [0, 0.1) is 5.82 Å². The Hall–Kier alpha value is -1.90. The van der Waals surface area contributed by atoms with Crippen molar-refractivity contribution in [2.24, 2.45) is 0 Å². The van der Waals surface area contributed by atoms with E-state index >= 15 is 0 Å². The number of nitrogens with two attached hydrogens (primary N) is 1. The van der Waals surface area contributed by atoms with Crippen molar-refractivity contribution in [3.63, 3.8) is 0 Å². The molecule has 2 nitrogen and oxygen atoms in total. The number of nitrogen functional groups attached to an aromatic ring is 1. The first kappa shape index (κ1) is 8.69. The summed E-state index contributed by atoms with van der Waals surface area (Å²) in [5.74, 6) is -0.238. The van der Waals surface area contributed by atoms with Crippen molar-refractivity contribution >= 4 is 5.69 Å². The number of aromatic nitrogens is 1. The van der Waals surface area contributed by atoms with Gasteiger partial charge in [-0.2, -0.15) is 4.57 Å². The smallest absolute Gasteiger partial charge is 0.210 e. The lowest BCUT2D eigenvalue weighted by Gasteiger charge is -1.95. The Balaban J connectivity index is 2.44. The Kier molecular flexibility index (Phi) is 2.14. The zero-order valence-corrected chi connectivity index (χ0v) is 7.52. The fourth-order valence-corrected chi connectivity index (χ4v) is 1.27. The molecule has 2 rings (SSSR count). The van der Waals surface area contributed by atoms with Crippen LogP contribution in [0.1, 0.15) is 0 Å². The van der Waals surface area contributed by atoms with Gasteiger partial charge in [0, 0.05) is 18.2 Å². The largest absolute Gasteiger partial charge is 0.394 e. The van der Waals surface area contributed by atoms with Gasteiger partial charge in [0.2, 0.25) is 5.69 Å². The monoisotopic (exact) mass is 189 g/mol. The Bertz CT molecular complexity index is 437. The van der Waals surface area contributed by atoms with E-state index in [1.54, 1.807) is 24.4 Å². The van der Waals surface area contributed by atoms with E-state index in [1.807, 2.05) is 16.8 Å². The van der Waals surface area contributed by atoms with Crippen LogP contribution >= 0.6 is 0 Å². The maximum atomic E-state index is 12.6. The quantitative estimate of drug-likeness (QED) is 0.680. The summed E-state index contributed by atoms with van der Waals surface area (Å²) >= 11 is 0. The number of nitrogens with zero attached hydrogens (tertiary/aromatic N) is 1. The lowest BCUT2D eigenvalue weighted by molar-refractivity contribution is -0.595. The maximum absolute atomic E-state index is 12.6. The number of halogens is 1. The van der Waals surface area contributed by atoms with Crippen molar-refractivity contribution in [1.29, 1.82) is 0 Å². The van der Waals surface area contributed by atoms with Crippen molar-refractivity contribution in [3.8, 4) is 5.69 Å². The van der Waals surface area contributed by atoms with Gasteiger partial charge in [0.1, 0.15) is 5.82 Å². The fourth-order valence-electron chi connectivity index (χ4n) is 1.27. The second-order valence-corrected chi connectivity index (χ2v) is 3.02. The highest BCUT2D eigenvalue weighted by Crippen LogP contribution is 2.03. The van der Waals surface area contributed by atoms with Crippen LogP contribution < -0.4 is 10.3 Å². The van der Waals surface area contributed by atoms with Crippen molar-refractivity contribution in [1.82, 2.24) is 0 Å². The number of anilines is 1. The first-order chi connectivity index (χ1) is 6.75. The second-order valence-electron chi connectivity index (χ2n) is 3.02. The molecule has 1 heterocycles. The minimum atomic E-state index is -0.238. The third kappa shape index (κ3) is 1.71. The molecule has 2 N–H and O–H groups in total. The summed E-state index contributed by atoms with van der Waals surface area (Å²) in [6.45, 7) is 0. The maximum Gasteiger partial charge on any atom is 0.210 e. The number of benzene rings is 1. The number of hydrogen-bond donors (Lipinski definition) is 1. The van der Waals surface area contributed by atoms with Crippen LogP contribution in [0.3, 0.4) is 0 Å². The highest BCUT2D eigenvalue weighted by Gasteiger charge is 2.04. The Labute approximate surface area is 81.4 Å². The van der Waals surface area contributed by atoms with Gasteiger partial charge in [-0.3, -0.25) is 0 Å². The van der Waals surface area contributed by atoms with Crippen molar-refractivity contribution in [2.45, 2.75) is 0 Å². The molecule has 0 fully saturated rings. The van der Waals surface area contributed by atoms with Crippen LogP contribution in [0.25, 0.3) is 5.69 Å². The molecule has 0 aliphatic carbocycles. The van der Waals surface area contributed by atoms with Gasteiger partial charge in [0.15, 0.2) is 12.4 Å². The minimum Gasteiger partial charge on any atom is -0.394 e. The van der Waals surface area contributed by atoms with Crippen LogP contribution in [-0.4, -0.2) is 0 Å². The van der Waals surface area contributed by atoms with Gasteiger partial charge >= 0.3 is 0 Å². The Morgan fingerprint density at radius 1 is 1.07 bits per heavy atom. The summed E-state index contributed by atoms with van der Waals surface area (Å²) in [6.07, 6.45) is 3.65. The molecular weight excluding hydrogens is 179 g/mol. The van der Waals surface area contributed by atoms with E-state index in [4.69, 9.17) is 5.73 Å². The van der Waals surface area contributed by atoms with Gasteiger partial charge in [0.25, 0.3) is 0 Å². The molecule has 1 aromatic carbocycles. The fraction of sp³-hybridized carbons (Fsp3) is 0. The SMILES string of the molecule is Nc1ccc[n+](-c2ccc(F)cc2)c1. The van der Waals surface area contributed by atoms with Gasteiger partial charge in [-0.1, -0.05) is 0 Å². The molecule has 0 aliphatic heterocycles. The molecule has 3 heteroatoms. The third-order valence-electron chi connectivity index (χ3n) is 1.95. The molecule has 0 radical (unpaired) electrons. The number of pyridine rings is 1. The zero-order chi connectivity index (χ0) is 9.97. The lowest BCUT2D eigenvalue weighted by Crippen LogP contribution is -2.29. The lowest BCUT2D eigenvalue weighted by atomic mass is 10.3. The van der Waals surface area contributed by atoms with Gasteiger partial charge in [-0.05, 0) is 18.2 Å². The van der Waals surface area contributed by atoms with Crippen molar-refractivity contribution in [2.75, 3.05) is 5.73 Å². The van der Waals surface area contributed by atoms with Crippen LogP contribution in [0.5, 0.6) is 0 Å². The predicted molar refractivity (Wildman–Crippen MR) is 52.3 cm³/mol. The van der Waals surface area contributed by atoms with Crippen LogP contribution in [-0.2, 0) is 0 Å². The normalized spacial score (nSPS) is 10.1. The van der Waals surface area contributed by atoms with E-state index < -0.39 is 0 Å². The van der Waals surface area contributed by atoms with Crippen molar-refractivity contribution in [3.05, 3.63) is 54.6 Å². The highest BCUT2D eigenvalue weighted by atomic mass is 19.1. The molecule has 0 spiro atoms. The molecule has 1 aromatic heterocycles. The average molecular weight is 189 g/mol. The van der Waals surface area contributed by atoms with Gasteiger partial charge in [-0.25, -0.2) is 4.39 Å². The summed E-state index contributed by atoms with van der Waals surface area (Å²) in [5, 5.41) is 0. The first-order valence-electron chi connectivity index (χ1n) is 4.28. The summed E-state index contributed by atoms with van der Waals surface area (Å²) in [5.41, 5.74) is 7.20. The Morgan fingerprint density at radius 2 is 1.79 bits per heavy atom. The van der Waals surface area contributed by atoms with E-state index in [1.165, 1.54) is 12.1 Å². The Morgan fingerprint density at radius 3 is 2.43 bits per heavy atom. The van der Waals surface area contributed by atoms with E-state index in [9.17, 15) is 4.39 Å². The van der Waals surface area contributed by atoms with Crippen molar-refractivity contribution < 1.29 is 8.96 Å². The number of hydrogen-bond acceptors (Lipinski definition) is 1. The van der Waals surface area contributed by atoms with E-state index in [0.717, 1.165) is 5.69 Å². The van der Waals surface area contributed by atoms with E-state index in [2.05, 4.69) is 0 Å². The first-order valence-corrected chi connectivity index (χ1v) is 4.28. The minimum absolute atomic E-state index is 0.238. The highest BCUT2D eigenvalue weighted by molar-refractivity contribution is 5.32. The zero-order valence-electron chi connectivity index (χ0n) is 7.52. The molecule has 0 saturated heterocycles. The van der Waals surface area contributed by atoms with Gasteiger partial charge in [0.05, 0.1) is 5.69 Å². The van der Waals surface area contributed by atoms with Crippen LogP contribution in [0.15, 0.2) is 48.8 Å². The second kappa shape index (κ2) is 3.46. The molecule has 0 bridgehead atoms. The van der Waals surface area contributed by atoms with Crippen LogP contribution in [0.4, 0.5) is 10.1 Å².